The van der Waals surface area contributed by atoms with E-state index in [2.05, 4.69) is 51.8 Å². The van der Waals surface area contributed by atoms with Crippen LogP contribution < -0.4 is 15.5 Å². The molecule has 0 spiro atoms. The molecule has 0 aliphatic carbocycles. The molecule has 1 aromatic heterocycles. The van der Waals surface area contributed by atoms with E-state index in [1.807, 2.05) is 11.3 Å². The first-order chi connectivity index (χ1) is 13.3. The quantitative estimate of drug-likeness (QED) is 0.552. The third-order valence-corrected chi connectivity index (χ3v) is 6.89. The van der Waals surface area contributed by atoms with Crippen molar-refractivity contribution in [2.45, 2.75) is 52.0 Å². The number of piperidine rings is 2. The van der Waals surface area contributed by atoms with Gasteiger partial charge in [-0.15, -0.1) is 11.3 Å². The number of guanidine groups is 1. The van der Waals surface area contributed by atoms with Crippen molar-refractivity contribution in [3.05, 3.63) is 17.5 Å². The van der Waals surface area contributed by atoms with Gasteiger partial charge in [-0.25, -0.2) is 0 Å². The summed E-state index contributed by atoms with van der Waals surface area (Å²) in [5.41, 5.74) is 0. The highest BCUT2D eigenvalue weighted by Gasteiger charge is 2.21. The Labute approximate surface area is 169 Å². The van der Waals surface area contributed by atoms with Crippen LogP contribution in [0.5, 0.6) is 0 Å². The summed E-state index contributed by atoms with van der Waals surface area (Å²) >= 11 is 1.85. The van der Waals surface area contributed by atoms with Gasteiger partial charge in [-0.05, 0) is 82.1 Å². The van der Waals surface area contributed by atoms with Crippen LogP contribution in [0.3, 0.4) is 0 Å². The molecule has 0 radical (unpaired) electrons. The number of thiophene rings is 1. The van der Waals surface area contributed by atoms with Crippen LogP contribution in [-0.4, -0.2) is 62.7 Å². The molecule has 0 atom stereocenters. The Balaban J connectivity index is 1.40. The number of likely N-dealkylation sites (tertiary alicyclic amines) is 1. The van der Waals surface area contributed by atoms with E-state index in [9.17, 15) is 0 Å². The summed E-state index contributed by atoms with van der Waals surface area (Å²) in [6.45, 7) is 12.3. The molecule has 5 nitrogen and oxygen atoms in total. The van der Waals surface area contributed by atoms with Gasteiger partial charge in [0.05, 0.1) is 5.00 Å². The summed E-state index contributed by atoms with van der Waals surface area (Å²) in [6, 6.07) is 4.91. The Bertz CT molecular complexity index is 543. The zero-order valence-electron chi connectivity index (χ0n) is 17.1. The fourth-order valence-electron chi connectivity index (χ4n) is 4.16. The van der Waals surface area contributed by atoms with Crippen molar-refractivity contribution in [2.24, 2.45) is 10.9 Å². The Kier molecular flexibility index (Phi) is 8.27. The first-order valence-corrected chi connectivity index (χ1v) is 11.7. The van der Waals surface area contributed by atoms with E-state index in [-0.39, 0.29) is 0 Å². The molecule has 152 valence electrons. The van der Waals surface area contributed by atoms with E-state index in [1.165, 1.54) is 56.7 Å². The maximum absolute atomic E-state index is 4.88. The smallest absolute Gasteiger partial charge is 0.191 e. The average molecular weight is 392 g/mol. The lowest BCUT2D eigenvalue weighted by molar-refractivity contribution is 0.188. The molecule has 6 heteroatoms. The van der Waals surface area contributed by atoms with Gasteiger partial charge in [0.25, 0.3) is 0 Å². The lowest BCUT2D eigenvalue weighted by Gasteiger charge is -2.33. The van der Waals surface area contributed by atoms with Crippen molar-refractivity contribution >= 4 is 22.3 Å². The van der Waals surface area contributed by atoms with Gasteiger partial charge in [0, 0.05) is 32.2 Å². The molecular formula is C21H37N5S. The van der Waals surface area contributed by atoms with Gasteiger partial charge in [0.15, 0.2) is 5.96 Å². The molecule has 2 aliphatic rings. The summed E-state index contributed by atoms with van der Waals surface area (Å²) in [6.07, 6.45) is 6.27. The van der Waals surface area contributed by atoms with Crippen molar-refractivity contribution in [3.63, 3.8) is 0 Å². The van der Waals surface area contributed by atoms with Crippen LogP contribution in [0.25, 0.3) is 0 Å². The largest absolute Gasteiger partial charge is 0.363 e. The second kappa shape index (κ2) is 10.9. The molecule has 0 bridgehead atoms. The van der Waals surface area contributed by atoms with E-state index >= 15 is 0 Å². The molecule has 3 rings (SSSR count). The van der Waals surface area contributed by atoms with E-state index in [0.29, 0.717) is 6.04 Å². The van der Waals surface area contributed by atoms with Gasteiger partial charge in [-0.2, -0.15) is 0 Å². The number of hydrogen-bond donors (Lipinski definition) is 2. The first kappa shape index (κ1) is 20.5. The summed E-state index contributed by atoms with van der Waals surface area (Å²) in [5.74, 6) is 1.87. The molecule has 0 aromatic carbocycles. The maximum atomic E-state index is 4.88. The van der Waals surface area contributed by atoms with Crippen LogP contribution in [-0.2, 0) is 0 Å². The standard InChI is InChI=1S/C21H37N5S/c1-3-22-21(23-12-7-18-8-13-25(4-2)14-9-18)24-19-10-15-26(16-11-19)20-6-5-17-27-20/h5-6,17-19H,3-4,7-16H2,1-2H3,(H2,22,23,24). The van der Waals surface area contributed by atoms with Crippen LogP contribution in [0.1, 0.15) is 46.0 Å². The Morgan fingerprint density at radius 2 is 1.93 bits per heavy atom. The predicted octanol–water partition coefficient (Wildman–Crippen LogP) is 3.39. The van der Waals surface area contributed by atoms with Crippen LogP contribution in [0.4, 0.5) is 5.00 Å². The molecule has 2 saturated heterocycles. The minimum absolute atomic E-state index is 0.534. The monoisotopic (exact) mass is 391 g/mol. The van der Waals surface area contributed by atoms with Crippen molar-refractivity contribution in [3.8, 4) is 0 Å². The third-order valence-electron chi connectivity index (χ3n) is 5.96. The summed E-state index contributed by atoms with van der Waals surface area (Å²) in [4.78, 5) is 9.95. The molecule has 1 aromatic rings. The second-order valence-corrected chi connectivity index (χ2v) is 8.71. The molecule has 2 fully saturated rings. The summed E-state index contributed by atoms with van der Waals surface area (Å²) in [7, 11) is 0. The average Bonchev–Trinajstić information content (AvgIpc) is 3.24. The van der Waals surface area contributed by atoms with Gasteiger partial charge in [0.1, 0.15) is 0 Å². The molecule has 3 heterocycles. The van der Waals surface area contributed by atoms with Gasteiger partial charge >= 0.3 is 0 Å². The minimum atomic E-state index is 0.534. The molecular weight excluding hydrogens is 354 g/mol. The van der Waals surface area contributed by atoms with Crippen molar-refractivity contribution in [2.75, 3.05) is 50.7 Å². The van der Waals surface area contributed by atoms with E-state index in [1.54, 1.807) is 0 Å². The highest BCUT2D eigenvalue weighted by atomic mass is 32.1. The van der Waals surface area contributed by atoms with Crippen molar-refractivity contribution in [1.29, 1.82) is 0 Å². The highest BCUT2D eigenvalue weighted by molar-refractivity contribution is 7.14. The van der Waals surface area contributed by atoms with Gasteiger partial charge in [-0.3, -0.25) is 4.99 Å². The number of aliphatic imine (C=N–C) groups is 1. The molecule has 2 aliphatic heterocycles. The Hall–Kier alpha value is -1.27. The SMILES string of the molecule is CCNC(=NCCC1CCN(CC)CC1)NC1CCN(c2cccs2)CC1. The highest BCUT2D eigenvalue weighted by Crippen LogP contribution is 2.25. The van der Waals surface area contributed by atoms with Crippen LogP contribution in [0.15, 0.2) is 22.5 Å². The maximum Gasteiger partial charge on any atom is 0.191 e. The Morgan fingerprint density at radius 3 is 2.56 bits per heavy atom. The third kappa shape index (κ3) is 6.39. The van der Waals surface area contributed by atoms with E-state index in [4.69, 9.17) is 4.99 Å². The molecule has 0 unspecified atom stereocenters. The summed E-state index contributed by atoms with van der Waals surface area (Å²) < 4.78 is 0. The van der Waals surface area contributed by atoms with Crippen molar-refractivity contribution < 1.29 is 0 Å². The predicted molar refractivity (Wildman–Crippen MR) is 118 cm³/mol. The van der Waals surface area contributed by atoms with Crippen LogP contribution in [0.2, 0.25) is 0 Å². The molecule has 0 saturated carbocycles. The topological polar surface area (TPSA) is 42.9 Å². The molecule has 27 heavy (non-hydrogen) atoms. The number of nitrogens with one attached hydrogen (secondary N) is 2. The van der Waals surface area contributed by atoms with Crippen LogP contribution in [0, 0.1) is 5.92 Å². The minimum Gasteiger partial charge on any atom is -0.363 e. The van der Waals surface area contributed by atoms with Gasteiger partial charge in [0.2, 0.25) is 0 Å². The summed E-state index contributed by atoms with van der Waals surface area (Å²) in [5, 5.41) is 10.7. The van der Waals surface area contributed by atoms with Crippen molar-refractivity contribution in [1.82, 2.24) is 15.5 Å². The van der Waals surface area contributed by atoms with E-state index in [0.717, 1.165) is 38.1 Å². The molecule has 2 N–H and O–H groups in total. The normalized spacial score (nSPS) is 20.8. The zero-order chi connectivity index (χ0) is 18.9. The fourth-order valence-corrected chi connectivity index (χ4v) is 4.94. The number of hydrogen-bond acceptors (Lipinski definition) is 4. The van der Waals surface area contributed by atoms with Gasteiger partial charge in [-0.1, -0.05) is 6.92 Å². The molecule has 0 amide bonds. The van der Waals surface area contributed by atoms with Crippen LogP contribution >= 0.6 is 11.3 Å². The second-order valence-electron chi connectivity index (χ2n) is 7.78. The number of rotatable bonds is 7. The van der Waals surface area contributed by atoms with E-state index < -0.39 is 0 Å². The van der Waals surface area contributed by atoms with Gasteiger partial charge < -0.3 is 20.4 Å². The zero-order valence-corrected chi connectivity index (χ0v) is 17.9. The first-order valence-electron chi connectivity index (χ1n) is 10.8. The Morgan fingerprint density at radius 1 is 1.15 bits per heavy atom. The lowest BCUT2D eigenvalue weighted by atomic mass is 9.94. The lowest BCUT2D eigenvalue weighted by Crippen LogP contribution is -2.48. The number of anilines is 1. The fraction of sp³-hybridized carbons (Fsp3) is 0.762. The number of nitrogens with zero attached hydrogens (tertiary/aromatic N) is 3.